The van der Waals surface area contributed by atoms with Crippen LogP contribution in [0.3, 0.4) is 0 Å². The molecule has 1 amide bonds. The van der Waals surface area contributed by atoms with Gasteiger partial charge in [-0.25, -0.2) is 4.98 Å². The number of benzene rings is 1. The number of hydrogen-bond donors (Lipinski definition) is 2. The lowest BCUT2D eigenvalue weighted by molar-refractivity contribution is -0.115. The number of nitrogens with zero attached hydrogens (tertiary/aromatic N) is 2. The Labute approximate surface area is 159 Å². The van der Waals surface area contributed by atoms with E-state index >= 15 is 0 Å². The van der Waals surface area contributed by atoms with Gasteiger partial charge >= 0.3 is 0 Å². The van der Waals surface area contributed by atoms with Gasteiger partial charge in [0.15, 0.2) is 17.3 Å². The van der Waals surface area contributed by atoms with Crippen molar-refractivity contribution in [1.29, 1.82) is 0 Å². The Morgan fingerprint density at radius 2 is 2.08 bits per heavy atom. The predicted octanol–water partition coefficient (Wildman–Crippen LogP) is 3.67. The van der Waals surface area contributed by atoms with Crippen LogP contribution in [0.4, 0.5) is 5.69 Å². The van der Waals surface area contributed by atoms with Crippen molar-refractivity contribution >= 4 is 34.7 Å². The molecule has 7 nitrogen and oxygen atoms in total. The summed E-state index contributed by atoms with van der Waals surface area (Å²) in [5, 5.41) is 12.1. The van der Waals surface area contributed by atoms with Crippen LogP contribution in [-0.2, 0) is 4.79 Å². The third-order valence-electron chi connectivity index (χ3n) is 3.52. The smallest absolute Gasteiger partial charge is 0.237 e. The first kappa shape index (κ1) is 18.3. The van der Waals surface area contributed by atoms with E-state index in [1.54, 1.807) is 43.8 Å². The minimum Gasteiger partial charge on any atom is -0.493 e. The van der Waals surface area contributed by atoms with Crippen molar-refractivity contribution in [2.75, 3.05) is 19.5 Å². The highest BCUT2D eigenvalue weighted by Gasteiger charge is 2.18. The zero-order valence-corrected chi connectivity index (χ0v) is 16.1. The molecule has 0 spiro atoms. The van der Waals surface area contributed by atoms with E-state index < -0.39 is 0 Å². The Hall–Kier alpha value is -2.52. The number of ether oxygens (including phenoxy) is 2. The summed E-state index contributed by atoms with van der Waals surface area (Å²) in [7, 11) is 3.12. The molecule has 1 aromatic carbocycles. The molecule has 0 bridgehead atoms. The molecule has 0 aliphatic rings. The topological polar surface area (TPSA) is 89.1 Å². The number of aromatic amines is 1. The minimum absolute atomic E-state index is 0.148. The fraction of sp³-hybridized carbons (Fsp3) is 0.235. The van der Waals surface area contributed by atoms with Gasteiger partial charge < -0.3 is 14.8 Å². The summed E-state index contributed by atoms with van der Waals surface area (Å²) in [6.45, 7) is 1.81. The van der Waals surface area contributed by atoms with Crippen molar-refractivity contribution in [2.45, 2.75) is 17.3 Å². The average molecular weight is 390 g/mol. The lowest BCUT2D eigenvalue weighted by atomic mass is 10.2. The normalized spacial score (nSPS) is 11.8. The fourth-order valence-electron chi connectivity index (χ4n) is 2.19. The van der Waals surface area contributed by atoms with E-state index in [9.17, 15) is 4.79 Å². The summed E-state index contributed by atoms with van der Waals surface area (Å²) in [6.07, 6.45) is 0. The molecule has 26 heavy (non-hydrogen) atoms. The Kier molecular flexibility index (Phi) is 5.79. The van der Waals surface area contributed by atoms with E-state index in [2.05, 4.69) is 20.5 Å². The third kappa shape index (κ3) is 4.17. The Balaban J connectivity index is 1.63. The standard InChI is InChI=1S/C17H18N4O3S2/c1-10(26-17-19-15(20-21-17)14-5-4-8-25-14)16(22)18-11-6-7-12(23-2)13(9-11)24-3/h4-10H,1-3H3,(H,18,22)(H,19,20,21)/t10-/m0/s1. The van der Waals surface area contributed by atoms with E-state index in [0.717, 1.165) is 4.88 Å². The summed E-state index contributed by atoms with van der Waals surface area (Å²) in [4.78, 5) is 17.9. The molecule has 0 radical (unpaired) electrons. The molecule has 0 aliphatic heterocycles. The van der Waals surface area contributed by atoms with Crippen LogP contribution in [-0.4, -0.2) is 40.6 Å². The van der Waals surface area contributed by atoms with E-state index in [0.29, 0.717) is 28.2 Å². The van der Waals surface area contributed by atoms with E-state index in [4.69, 9.17) is 9.47 Å². The summed E-state index contributed by atoms with van der Waals surface area (Å²) < 4.78 is 10.4. The van der Waals surface area contributed by atoms with Gasteiger partial charge in [-0.2, -0.15) is 0 Å². The minimum atomic E-state index is -0.366. The number of carbonyl (C=O) groups is 1. The first-order valence-electron chi connectivity index (χ1n) is 7.76. The number of thioether (sulfide) groups is 1. The van der Waals surface area contributed by atoms with Crippen LogP contribution in [0.25, 0.3) is 10.7 Å². The molecule has 0 unspecified atom stereocenters. The number of carbonyl (C=O) groups excluding carboxylic acids is 1. The van der Waals surface area contributed by atoms with Crippen molar-refractivity contribution in [3.63, 3.8) is 0 Å². The summed E-state index contributed by atoms with van der Waals surface area (Å²) in [5.74, 6) is 1.72. The van der Waals surface area contributed by atoms with Crippen molar-refractivity contribution in [3.8, 4) is 22.2 Å². The highest BCUT2D eigenvalue weighted by atomic mass is 32.2. The van der Waals surface area contributed by atoms with Crippen molar-refractivity contribution in [1.82, 2.24) is 15.2 Å². The maximum absolute atomic E-state index is 12.4. The van der Waals surface area contributed by atoms with E-state index in [1.807, 2.05) is 24.4 Å². The molecule has 1 atom stereocenters. The number of nitrogens with one attached hydrogen (secondary N) is 2. The Bertz CT molecular complexity index is 880. The second-order valence-corrected chi connectivity index (χ2v) is 7.52. The first-order valence-corrected chi connectivity index (χ1v) is 9.52. The Morgan fingerprint density at radius 1 is 1.27 bits per heavy atom. The number of methoxy groups -OCH3 is 2. The highest BCUT2D eigenvalue weighted by molar-refractivity contribution is 8.00. The van der Waals surface area contributed by atoms with Crippen LogP contribution in [0.2, 0.25) is 0 Å². The largest absolute Gasteiger partial charge is 0.493 e. The zero-order chi connectivity index (χ0) is 18.5. The van der Waals surface area contributed by atoms with Gasteiger partial charge in [-0.1, -0.05) is 17.8 Å². The molecule has 0 aliphatic carbocycles. The number of hydrogen-bond acceptors (Lipinski definition) is 7. The van der Waals surface area contributed by atoms with Crippen molar-refractivity contribution in [3.05, 3.63) is 35.7 Å². The number of rotatable bonds is 7. The maximum Gasteiger partial charge on any atom is 0.237 e. The fourth-order valence-corrected chi connectivity index (χ4v) is 3.58. The van der Waals surface area contributed by atoms with E-state index in [-0.39, 0.29) is 11.2 Å². The van der Waals surface area contributed by atoms with Gasteiger partial charge in [0, 0.05) is 11.8 Å². The van der Waals surface area contributed by atoms with Gasteiger partial charge in [0.1, 0.15) is 0 Å². The van der Waals surface area contributed by atoms with E-state index in [1.165, 1.54) is 11.8 Å². The summed E-state index contributed by atoms with van der Waals surface area (Å²) in [5.41, 5.74) is 0.634. The highest BCUT2D eigenvalue weighted by Crippen LogP contribution is 2.30. The molecule has 3 aromatic rings. The van der Waals surface area contributed by atoms with Crippen LogP contribution in [0.1, 0.15) is 6.92 Å². The zero-order valence-electron chi connectivity index (χ0n) is 14.5. The lowest BCUT2D eigenvalue weighted by Gasteiger charge is -2.12. The van der Waals surface area contributed by atoms with Crippen LogP contribution >= 0.6 is 23.1 Å². The summed E-state index contributed by atoms with van der Waals surface area (Å²) >= 11 is 2.87. The second-order valence-electron chi connectivity index (χ2n) is 5.26. The van der Waals surface area contributed by atoms with Gasteiger partial charge in [-0.3, -0.25) is 9.89 Å². The summed E-state index contributed by atoms with van der Waals surface area (Å²) in [6, 6.07) is 9.14. The van der Waals surface area contributed by atoms with Crippen molar-refractivity contribution in [2.24, 2.45) is 0 Å². The van der Waals surface area contributed by atoms with Gasteiger partial charge in [0.05, 0.1) is 24.3 Å². The van der Waals surface area contributed by atoms with Gasteiger partial charge in [-0.05, 0) is 30.5 Å². The molecular weight excluding hydrogens is 372 g/mol. The molecule has 9 heteroatoms. The molecule has 2 heterocycles. The van der Waals surface area contributed by atoms with Crippen LogP contribution in [0.15, 0.2) is 40.9 Å². The van der Waals surface area contributed by atoms with Gasteiger partial charge in [0.25, 0.3) is 0 Å². The van der Waals surface area contributed by atoms with Gasteiger partial charge in [-0.15, -0.1) is 16.4 Å². The molecule has 2 aromatic heterocycles. The molecule has 0 saturated heterocycles. The number of amides is 1. The molecule has 136 valence electrons. The third-order valence-corrected chi connectivity index (χ3v) is 5.36. The quantitative estimate of drug-likeness (QED) is 0.599. The number of aromatic nitrogens is 3. The van der Waals surface area contributed by atoms with Gasteiger partial charge in [0.2, 0.25) is 11.1 Å². The second kappa shape index (κ2) is 8.24. The van der Waals surface area contributed by atoms with Crippen molar-refractivity contribution < 1.29 is 14.3 Å². The molecule has 3 rings (SSSR count). The van der Waals surface area contributed by atoms with Crippen LogP contribution < -0.4 is 14.8 Å². The average Bonchev–Trinajstić information content (AvgIpc) is 3.33. The predicted molar refractivity (Wildman–Crippen MR) is 103 cm³/mol. The maximum atomic E-state index is 12.4. The number of H-pyrrole nitrogens is 1. The molecule has 0 saturated carbocycles. The number of thiophene rings is 1. The van der Waals surface area contributed by atoms with Crippen LogP contribution in [0, 0.1) is 0 Å². The SMILES string of the molecule is COc1ccc(NC(=O)[C@H](C)Sc2n[nH]c(-c3cccs3)n2)cc1OC. The molecule has 0 fully saturated rings. The Morgan fingerprint density at radius 3 is 2.77 bits per heavy atom. The van der Waals surface area contributed by atoms with Crippen LogP contribution in [0.5, 0.6) is 11.5 Å². The number of anilines is 1. The molecular formula is C17H18N4O3S2. The lowest BCUT2D eigenvalue weighted by Crippen LogP contribution is -2.22. The first-order chi connectivity index (χ1) is 12.6. The monoisotopic (exact) mass is 390 g/mol. The molecule has 2 N–H and O–H groups in total.